The summed E-state index contributed by atoms with van der Waals surface area (Å²) in [5, 5.41) is 1.25. The van der Waals surface area contributed by atoms with Crippen LogP contribution in [0.4, 0.5) is 5.82 Å². The molecule has 2 nitrogen and oxygen atoms in total. The van der Waals surface area contributed by atoms with Crippen LogP contribution in [0.1, 0.15) is 45.1 Å². The largest absolute Gasteiger partial charge is 0.357 e. The molecule has 0 aliphatic heterocycles. The predicted octanol–water partition coefficient (Wildman–Crippen LogP) is 5.04. The molecule has 0 spiro atoms. The van der Waals surface area contributed by atoms with E-state index in [-0.39, 0.29) is 0 Å². The van der Waals surface area contributed by atoms with Crippen molar-refractivity contribution in [1.82, 2.24) is 4.98 Å². The summed E-state index contributed by atoms with van der Waals surface area (Å²) in [5.74, 6) is 1.16. The Morgan fingerprint density at radius 1 is 1.10 bits per heavy atom. The van der Waals surface area contributed by atoms with Crippen molar-refractivity contribution in [1.29, 1.82) is 0 Å². The first kappa shape index (κ1) is 14.1. The van der Waals surface area contributed by atoms with Crippen LogP contribution in [-0.4, -0.2) is 18.1 Å². The highest BCUT2D eigenvalue weighted by molar-refractivity contribution is 5.88. The van der Waals surface area contributed by atoms with Crippen LogP contribution < -0.4 is 4.90 Å². The summed E-state index contributed by atoms with van der Waals surface area (Å²) in [5.41, 5.74) is 3.93. The Hall–Kier alpha value is -1.83. The van der Waals surface area contributed by atoms with Crippen molar-refractivity contribution >= 4 is 22.3 Å². The standard InChI is InChI=1S/C19H24N2/c1-3-21(4-2)19-17(15-10-6-5-7-11-15)14-16-12-8-9-13-18(16)20-19/h8-10,12-14H,3-7,11H2,1-2H3. The van der Waals surface area contributed by atoms with Gasteiger partial charge in [-0.25, -0.2) is 4.98 Å². The molecular formula is C19H24N2. The molecule has 0 atom stereocenters. The molecule has 0 radical (unpaired) electrons. The molecule has 110 valence electrons. The maximum atomic E-state index is 4.98. The Balaban J connectivity index is 2.18. The van der Waals surface area contributed by atoms with Gasteiger partial charge in [0.25, 0.3) is 0 Å². The van der Waals surface area contributed by atoms with E-state index in [4.69, 9.17) is 4.98 Å². The molecule has 1 aromatic carbocycles. The van der Waals surface area contributed by atoms with Crippen molar-refractivity contribution in [2.24, 2.45) is 0 Å². The number of benzene rings is 1. The Bertz CT molecular complexity index is 654. The first-order valence-electron chi connectivity index (χ1n) is 8.17. The number of allylic oxidation sites excluding steroid dienone is 2. The van der Waals surface area contributed by atoms with Gasteiger partial charge in [-0.2, -0.15) is 0 Å². The van der Waals surface area contributed by atoms with Gasteiger partial charge in [0, 0.05) is 24.0 Å². The van der Waals surface area contributed by atoms with Gasteiger partial charge in [-0.1, -0.05) is 24.3 Å². The highest BCUT2D eigenvalue weighted by Gasteiger charge is 2.16. The highest BCUT2D eigenvalue weighted by atomic mass is 15.2. The second-order valence-corrected chi connectivity index (χ2v) is 5.70. The van der Waals surface area contributed by atoms with Crippen LogP contribution in [0.3, 0.4) is 0 Å². The van der Waals surface area contributed by atoms with Gasteiger partial charge in [0.1, 0.15) is 5.82 Å². The second-order valence-electron chi connectivity index (χ2n) is 5.70. The fourth-order valence-corrected chi connectivity index (χ4v) is 3.19. The quantitative estimate of drug-likeness (QED) is 0.780. The normalized spacial score (nSPS) is 15.0. The van der Waals surface area contributed by atoms with E-state index >= 15 is 0 Å². The molecule has 2 heteroatoms. The van der Waals surface area contributed by atoms with Gasteiger partial charge in [-0.3, -0.25) is 0 Å². The van der Waals surface area contributed by atoms with E-state index in [1.54, 1.807) is 0 Å². The zero-order valence-corrected chi connectivity index (χ0v) is 13.1. The number of aromatic nitrogens is 1. The first-order chi connectivity index (χ1) is 10.3. The minimum absolute atomic E-state index is 1.00. The number of nitrogens with zero attached hydrogens (tertiary/aromatic N) is 2. The van der Waals surface area contributed by atoms with Crippen molar-refractivity contribution in [2.75, 3.05) is 18.0 Å². The lowest BCUT2D eigenvalue weighted by Gasteiger charge is -2.25. The molecule has 0 saturated heterocycles. The maximum Gasteiger partial charge on any atom is 0.136 e. The fourth-order valence-electron chi connectivity index (χ4n) is 3.19. The third-order valence-electron chi connectivity index (χ3n) is 4.40. The highest BCUT2D eigenvalue weighted by Crippen LogP contribution is 2.34. The summed E-state index contributed by atoms with van der Waals surface area (Å²) in [6, 6.07) is 10.8. The summed E-state index contributed by atoms with van der Waals surface area (Å²) >= 11 is 0. The smallest absolute Gasteiger partial charge is 0.136 e. The minimum atomic E-state index is 1.00. The monoisotopic (exact) mass is 280 g/mol. The van der Waals surface area contributed by atoms with Crippen LogP contribution in [-0.2, 0) is 0 Å². The Kier molecular flexibility index (Phi) is 4.23. The fraction of sp³-hybridized carbons (Fsp3) is 0.421. The van der Waals surface area contributed by atoms with E-state index in [9.17, 15) is 0 Å². The van der Waals surface area contributed by atoms with Gasteiger partial charge in [-0.05, 0) is 57.2 Å². The molecule has 2 aromatic rings. The first-order valence-corrected chi connectivity index (χ1v) is 8.17. The third-order valence-corrected chi connectivity index (χ3v) is 4.40. The summed E-state index contributed by atoms with van der Waals surface area (Å²) in [4.78, 5) is 7.35. The van der Waals surface area contributed by atoms with Crippen LogP contribution in [0.2, 0.25) is 0 Å². The number of rotatable bonds is 4. The zero-order valence-electron chi connectivity index (χ0n) is 13.1. The average Bonchev–Trinajstić information content (AvgIpc) is 2.56. The van der Waals surface area contributed by atoms with E-state index in [1.807, 2.05) is 0 Å². The molecule has 1 aromatic heterocycles. The Labute approximate surface area is 127 Å². The molecular weight excluding hydrogens is 256 g/mol. The van der Waals surface area contributed by atoms with Gasteiger partial charge in [0.2, 0.25) is 0 Å². The van der Waals surface area contributed by atoms with Crippen LogP contribution in [0.15, 0.2) is 36.4 Å². The molecule has 0 unspecified atom stereocenters. The second kappa shape index (κ2) is 6.30. The van der Waals surface area contributed by atoms with Crippen molar-refractivity contribution < 1.29 is 0 Å². The summed E-state index contributed by atoms with van der Waals surface area (Å²) in [6.07, 6.45) is 7.44. The van der Waals surface area contributed by atoms with Crippen LogP contribution >= 0.6 is 0 Å². The van der Waals surface area contributed by atoms with E-state index in [0.717, 1.165) is 24.4 Å². The number of hydrogen-bond donors (Lipinski definition) is 0. The molecule has 1 aliphatic carbocycles. The van der Waals surface area contributed by atoms with Gasteiger partial charge in [0.15, 0.2) is 0 Å². The molecule has 1 heterocycles. The topological polar surface area (TPSA) is 16.1 Å². The van der Waals surface area contributed by atoms with Crippen LogP contribution in [0.5, 0.6) is 0 Å². The molecule has 3 rings (SSSR count). The van der Waals surface area contributed by atoms with Crippen molar-refractivity contribution in [3.63, 3.8) is 0 Å². The minimum Gasteiger partial charge on any atom is -0.357 e. The van der Waals surface area contributed by atoms with E-state index in [2.05, 4.69) is 55.2 Å². The van der Waals surface area contributed by atoms with Gasteiger partial charge in [-0.15, -0.1) is 0 Å². The maximum absolute atomic E-state index is 4.98. The number of para-hydroxylation sites is 1. The zero-order chi connectivity index (χ0) is 14.7. The van der Waals surface area contributed by atoms with E-state index < -0.39 is 0 Å². The van der Waals surface area contributed by atoms with Gasteiger partial charge in [0.05, 0.1) is 5.52 Å². The Morgan fingerprint density at radius 2 is 1.90 bits per heavy atom. The number of hydrogen-bond acceptors (Lipinski definition) is 2. The molecule has 0 bridgehead atoms. The number of anilines is 1. The third kappa shape index (κ3) is 2.80. The summed E-state index contributed by atoms with van der Waals surface area (Å²) in [6.45, 7) is 6.42. The number of pyridine rings is 1. The average molecular weight is 280 g/mol. The lowest BCUT2D eigenvalue weighted by atomic mass is 9.93. The lowest BCUT2D eigenvalue weighted by molar-refractivity contribution is 0.740. The van der Waals surface area contributed by atoms with Crippen LogP contribution in [0, 0.1) is 0 Å². The molecule has 21 heavy (non-hydrogen) atoms. The Morgan fingerprint density at radius 3 is 2.62 bits per heavy atom. The summed E-state index contributed by atoms with van der Waals surface area (Å²) in [7, 11) is 0. The van der Waals surface area contributed by atoms with Crippen molar-refractivity contribution in [2.45, 2.75) is 39.5 Å². The summed E-state index contributed by atoms with van der Waals surface area (Å²) < 4.78 is 0. The lowest BCUT2D eigenvalue weighted by Crippen LogP contribution is -2.24. The van der Waals surface area contributed by atoms with E-state index in [0.29, 0.717) is 0 Å². The van der Waals surface area contributed by atoms with E-state index in [1.165, 1.54) is 42.2 Å². The SMILES string of the molecule is CCN(CC)c1nc2ccccc2cc1C1=CCCCC1. The molecule has 0 saturated carbocycles. The van der Waals surface area contributed by atoms with Crippen molar-refractivity contribution in [3.8, 4) is 0 Å². The van der Waals surface area contributed by atoms with Crippen LogP contribution in [0.25, 0.3) is 16.5 Å². The molecule has 0 amide bonds. The van der Waals surface area contributed by atoms with Gasteiger partial charge >= 0.3 is 0 Å². The molecule has 0 fully saturated rings. The molecule has 0 N–H and O–H groups in total. The predicted molar refractivity (Wildman–Crippen MR) is 91.7 cm³/mol. The van der Waals surface area contributed by atoms with Gasteiger partial charge < -0.3 is 4.90 Å². The van der Waals surface area contributed by atoms with Crippen molar-refractivity contribution in [3.05, 3.63) is 42.0 Å². The number of fused-ring (bicyclic) bond motifs is 1. The molecule has 1 aliphatic rings.